The quantitative estimate of drug-likeness (QED) is 0.767. The molecule has 0 aromatic heterocycles. The van der Waals surface area contributed by atoms with Crippen molar-refractivity contribution in [2.45, 2.75) is 19.4 Å². The van der Waals surface area contributed by atoms with E-state index in [-0.39, 0.29) is 0 Å². The summed E-state index contributed by atoms with van der Waals surface area (Å²) in [7, 11) is 0.723. The van der Waals surface area contributed by atoms with Gasteiger partial charge in [-0.2, -0.15) is 0 Å². The van der Waals surface area contributed by atoms with Gasteiger partial charge in [0, 0.05) is 6.07 Å². The molecule has 1 rings (SSSR count). The van der Waals surface area contributed by atoms with Gasteiger partial charge in [-0.1, -0.05) is 19.0 Å². The van der Waals surface area contributed by atoms with Crippen LogP contribution in [0.25, 0.3) is 0 Å². The highest BCUT2D eigenvalue weighted by Gasteiger charge is 2.08. The minimum Gasteiger partial charge on any atom is -0.334 e. The van der Waals surface area contributed by atoms with E-state index in [9.17, 15) is 8.78 Å². The maximum atomic E-state index is 13.3. The van der Waals surface area contributed by atoms with Crippen LogP contribution < -0.4 is 5.73 Å². The van der Waals surface area contributed by atoms with Crippen molar-refractivity contribution in [3.05, 3.63) is 35.4 Å². The first-order valence-corrected chi connectivity index (χ1v) is 6.39. The van der Waals surface area contributed by atoms with E-state index in [1.807, 2.05) is 0 Å². The Kier molecular flexibility index (Phi) is 4.91. The van der Waals surface area contributed by atoms with Crippen LogP contribution in [-0.2, 0) is 6.42 Å². The van der Waals surface area contributed by atoms with E-state index in [2.05, 4.69) is 6.92 Å². The third-order valence-electron chi connectivity index (χ3n) is 2.22. The normalized spacial score (nSPS) is 12.8. The van der Waals surface area contributed by atoms with Crippen molar-refractivity contribution in [3.63, 3.8) is 0 Å². The number of hydrogen-bond donors (Lipinski definition) is 1. The van der Waals surface area contributed by atoms with Gasteiger partial charge >= 0.3 is 0 Å². The lowest BCUT2D eigenvalue weighted by atomic mass is 10.0. The van der Waals surface area contributed by atoms with Gasteiger partial charge in [0.25, 0.3) is 0 Å². The van der Waals surface area contributed by atoms with Crippen LogP contribution in [0.4, 0.5) is 8.78 Å². The van der Waals surface area contributed by atoms with Crippen LogP contribution in [0, 0.1) is 17.6 Å². The van der Waals surface area contributed by atoms with Crippen LogP contribution in [0.2, 0.25) is 6.04 Å². The zero-order valence-electron chi connectivity index (χ0n) is 8.76. The average Bonchev–Trinajstić information content (AvgIpc) is 2.19. The SMILES string of the molecule is CC(C[Si]CN)Cc1ccc(F)cc1F. The molecule has 82 valence electrons. The number of hydrogen-bond acceptors (Lipinski definition) is 1. The van der Waals surface area contributed by atoms with E-state index in [1.54, 1.807) is 0 Å². The molecular formula is C11H15F2NSi. The lowest BCUT2D eigenvalue weighted by Crippen LogP contribution is -2.13. The standard InChI is InChI=1S/C11H15F2NSi/c1-8(6-15-7-14)4-9-2-3-10(12)5-11(9)13/h2-3,5,8H,4,6-7,14H2,1H3. The van der Waals surface area contributed by atoms with Gasteiger partial charge in [0.2, 0.25) is 0 Å². The molecule has 1 aromatic rings. The van der Waals surface area contributed by atoms with Gasteiger partial charge in [0.15, 0.2) is 0 Å². The minimum atomic E-state index is -0.521. The van der Waals surface area contributed by atoms with E-state index < -0.39 is 11.6 Å². The van der Waals surface area contributed by atoms with E-state index in [0.29, 0.717) is 24.1 Å². The number of nitrogens with two attached hydrogens (primary N) is 1. The summed E-state index contributed by atoms with van der Waals surface area (Å²) in [4.78, 5) is 0. The van der Waals surface area contributed by atoms with Crippen LogP contribution >= 0.6 is 0 Å². The van der Waals surface area contributed by atoms with Gasteiger partial charge in [0.05, 0.1) is 9.52 Å². The molecule has 1 atom stereocenters. The van der Waals surface area contributed by atoms with Crippen LogP contribution in [0.1, 0.15) is 12.5 Å². The van der Waals surface area contributed by atoms with Gasteiger partial charge < -0.3 is 5.73 Å². The molecule has 0 bridgehead atoms. The molecule has 4 heteroatoms. The number of benzene rings is 1. The van der Waals surface area contributed by atoms with Crippen molar-refractivity contribution < 1.29 is 8.78 Å². The van der Waals surface area contributed by atoms with Crippen LogP contribution in [0.3, 0.4) is 0 Å². The first-order valence-electron chi connectivity index (χ1n) is 4.98. The third kappa shape index (κ3) is 4.09. The van der Waals surface area contributed by atoms with Gasteiger partial charge in [-0.25, -0.2) is 8.78 Å². The molecule has 0 fully saturated rings. The topological polar surface area (TPSA) is 26.0 Å². The minimum absolute atomic E-state index is 0.395. The summed E-state index contributed by atoms with van der Waals surface area (Å²) in [5.74, 6) is -0.572. The summed E-state index contributed by atoms with van der Waals surface area (Å²) in [6.45, 7) is 2.06. The van der Waals surface area contributed by atoms with E-state index >= 15 is 0 Å². The predicted octanol–water partition coefficient (Wildman–Crippen LogP) is 2.18. The summed E-state index contributed by atoms with van der Waals surface area (Å²) in [5, 5.41) is 0. The second-order valence-corrected chi connectivity index (χ2v) is 5.02. The Hall–Kier alpha value is -0.743. The zero-order valence-corrected chi connectivity index (χ0v) is 9.76. The van der Waals surface area contributed by atoms with Crippen molar-refractivity contribution in [2.24, 2.45) is 11.7 Å². The summed E-state index contributed by atoms with van der Waals surface area (Å²) in [5.41, 5.74) is 6.00. The van der Waals surface area contributed by atoms with Crippen LogP contribution in [0.15, 0.2) is 18.2 Å². The number of rotatable bonds is 5. The van der Waals surface area contributed by atoms with E-state index in [0.717, 1.165) is 21.6 Å². The highest BCUT2D eigenvalue weighted by molar-refractivity contribution is 6.35. The Balaban J connectivity index is 2.56. The lowest BCUT2D eigenvalue weighted by molar-refractivity contribution is 0.551. The molecule has 0 amide bonds. The molecule has 2 N–H and O–H groups in total. The highest BCUT2D eigenvalue weighted by Crippen LogP contribution is 2.16. The lowest BCUT2D eigenvalue weighted by Gasteiger charge is -2.10. The smallest absolute Gasteiger partial charge is 0.129 e. The molecule has 0 saturated carbocycles. The Bertz CT molecular complexity index is 317. The maximum Gasteiger partial charge on any atom is 0.129 e. The first kappa shape index (κ1) is 12.3. The highest BCUT2D eigenvalue weighted by atomic mass is 28.2. The first-order chi connectivity index (χ1) is 7.13. The Morgan fingerprint density at radius 3 is 2.73 bits per heavy atom. The predicted molar refractivity (Wildman–Crippen MR) is 58.8 cm³/mol. The summed E-state index contributed by atoms with van der Waals surface area (Å²) >= 11 is 0. The molecule has 0 aliphatic heterocycles. The molecule has 0 saturated heterocycles. The molecule has 0 heterocycles. The van der Waals surface area contributed by atoms with Crippen molar-refractivity contribution in [3.8, 4) is 0 Å². The Labute approximate surface area is 91.5 Å². The van der Waals surface area contributed by atoms with E-state index in [1.165, 1.54) is 12.1 Å². The number of halogens is 2. The van der Waals surface area contributed by atoms with Crippen molar-refractivity contribution in [2.75, 3.05) is 6.17 Å². The molecule has 15 heavy (non-hydrogen) atoms. The fraction of sp³-hybridized carbons (Fsp3) is 0.455. The average molecular weight is 227 g/mol. The second kappa shape index (κ2) is 5.98. The van der Waals surface area contributed by atoms with Crippen molar-refractivity contribution in [1.29, 1.82) is 0 Å². The molecule has 2 radical (unpaired) electrons. The van der Waals surface area contributed by atoms with Crippen molar-refractivity contribution >= 4 is 9.52 Å². The van der Waals surface area contributed by atoms with Crippen molar-refractivity contribution in [1.82, 2.24) is 0 Å². The van der Waals surface area contributed by atoms with Gasteiger partial charge in [-0.05, 0) is 30.1 Å². The summed E-state index contributed by atoms with van der Waals surface area (Å²) < 4.78 is 25.9. The Morgan fingerprint density at radius 1 is 1.40 bits per heavy atom. The molecule has 1 nitrogen and oxygen atoms in total. The van der Waals surface area contributed by atoms with Gasteiger partial charge in [-0.15, -0.1) is 0 Å². The fourth-order valence-electron chi connectivity index (χ4n) is 1.46. The second-order valence-electron chi connectivity index (χ2n) is 3.70. The fourth-order valence-corrected chi connectivity index (χ4v) is 2.27. The monoisotopic (exact) mass is 227 g/mol. The van der Waals surface area contributed by atoms with Gasteiger partial charge in [0.1, 0.15) is 11.6 Å². The maximum absolute atomic E-state index is 13.3. The molecule has 0 spiro atoms. The molecule has 1 aromatic carbocycles. The van der Waals surface area contributed by atoms with E-state index in [4.69, 9.17) is 5.73 Å². The zero-order chi connectivity index (χ0) is 11.3. The molecule has 0 aliphatic rings. The van der Waals surface area contributed by atoms with Crippen LogP contribution in [-0.4, -0.2) is 15.7 Å². The Morgan fingerprint density at radius 2 is 2.13 bits per heavy atom. The molecule has 1 unspecified atom stereocenters. The van der Waals surface area contributed by atoms with Crippen LogP contribution in [0.5, 0.6) is 0 Å². The summed E-state index contributed by atoms with van der Waals surface area (Å²) in [6.07, 6.45) is 1.34. The van der Waals surface area contributed by atoms with Gasteiger partial charge in [-0.3, -0.25) is 0 Å². The molecule has 0 aliphatic carbocycles. The molecular weight excluding hydrogens is 212 g/mol. The third-order valence-corrected chi connectivity index (χ3v) is 3.49. The largest absolute Gasteiger partial charge is 0.334 e. The summed E-state index contributed by atoms with van der Waals surface area (Å²) in [6, 6.07) is 4.77.